The highest BCUT2D eigenvalue weighted by molar-refractivity contribution is 5.03. The Morgan fingerprint density at radius 3 is 2.50 bits per heavy atom. The van der Waals surface area contributed by atoms with Crippen LogP contribution in [0, 0.1) is 11.3 Å². The summed E-state index contributed by atoms with van der Waals surface area (Å²) in [7, 11) is 2.20. The van der Waals surface area contributed by atoms with E-state index >= 15 is 0 Å². The van der Waals surface area contributed by atoms with Crippen LogP contribution in [-0.2, 0) is 0 Å². The van der Waals surface area contributed by atoms with Gasteiger partial charge in [-0.15, -0.1) is 0 Å². The highest BCUT2D eigenvalue weighted by Gasteiger charge is 2.21. The fourth-order valence-corrected chi connectivity index (χ4v) is 2.27. The highest BCUT2D eigenvalue weighted by atomic mass is 15.1. The number of hydrogen-bond acceptors (Lipinski definition) is 3. The molecule has 0 heterocycles. The second kappa shape index (κ2) is 9.35. The third kappa shape index (κ3) is 6.98. The summed E-state index contributed by atoms with van der Waals surface area (Å²) in [6.45, 7) is 10.6. The van der Waals surface area contributed by atoms with Crippen molar-refractivity contribution in [1.29, 1.82) is 5.26 Å². The van der Waals surface area contributed by atoms with E-state index in [2.05, 4.69) is 44.1 Å². The van der Waals surface area contributed by atoms with Gasteiger partial charge in [0.1, 0.15) is 5.54 Å². The smallest absolute Gasteiger partial charge is 0.103 e. The molecule has 0 aromatic carbocycles. The quantitative estimate of drug-likeness (QED) is 0.608. The van der Waals surface area contributed by atoms with Gasteiger partial charge in [0.2, 0.25) is 0 Å². The molecule has 18 heavy (non-hydrogen) atoms. The van der Waals surface area contributed by atoms with Gasteiger partial charge in [-0.25, -0.2) is 0 Å². The molecule has 0 aromatic heterocycles. The van der Waals surface area contributed by atoms with Gasteiger partial charge in [-0.3, -0.25) is 5.32 Å². The van der Waals surface area contributed by atoms with Crippen LogP contribution in [0.25, 0.3) is 0 Å². The average Bonchev–Trinajstić information content (AvgIpc) is 2.35. The van der Waals surface area contributed by atoms with Crippen molar-refractivity contribution in [3.8, 4) is 6.07 Å². The Labute approximate surface area is 114 Å². The van der Waals surface area contributed by atoms with Crippen LogP contribution in [0.4, 0.5) is 0 Å². The van der Waals surface area contributed by atoms with Crippen molar-refractivity contribution in [2.75, 3.05) is 20.1 Å². The number of rotatable bonds is 10. The lowest BCUT2D eigenvalue weighted by atomic mass is 9.96. The summed E-state index contributed by atoms with van der Waals surface area (Å²) in [5, 5.41) is 12.4. The molecule has 2 atom stereocenters. The minimum absolute atomic E-state index is 0.345. The Morgan fingerprint density at radius 1 is 1.33 bits per heavy atom. The van der Waals surface area contributed by atoms with Crippen molar-refractivity contribution in [1.82, 2.24) is 10.2 Å². The first kappa shape index (κ1) is 17.4. The zero-order valence-corrected chi connectivity index (χ0v) is 12.9. The molecule has 0 amide bonds. The standard InChI is InChI=1S/C15H31N3/c1-6-10-14(3)18(5)12-9-8-11-15(4,13-16)17-7-2/h14,17H,6-12H2,1-5H3. The fourth-order valence-electron chi connectivity index (χ4n) is 2.27. The van der Waals surface area contributed by atoms with Crippen LogP contribution in [0.15, 0.2) is 0 Å². The van der Waals surface area contributed by atoms with Crippen LogP contribution in [0.2, 0.25) is 0 Å². The van der Waals surface area contributed by atoms with Gasteiger partial charge in [0, 0.05) is 6.04 Å². The molecule has 0 aliphatic rings. The van der Waals surface area contributed by atoms with E-state index in [1.54, 1.807) is 0 Å². The van der Waals surface area contributed by atoms with Crippen molar-refractivity contribution >= 4 is 0 Å². The summed E-state index contributed by atoms with van der Waals surface area (Å²) in [5.41, 5.74) is -0.345. The summed E-state index contributed by atoms with van der Waals surface area (Å²) in [4.78, 5) is 2.43. The lowest BCUT2D eigenvalue weighted by Gasteiger charge is -2.26. The first-order chi connectivity index (χ1) is 8.49. The van der Waals surface area contributed by atoms with E-state index in [0.29, 0.717) is 6.04 Å². The summed E-state index contributed by atoms with van der Waals surface area (Å²) in [6.07, 6.45) is 5.74. The molecule has 2 unspecified atom stereocenters. The molecule has 1 N–H and O–H groups in total. The predicted octanol–water partition coefficient (Wildman–Crippen LogP) is 3.17. The number of unbranched alkanes of at least 4 members (excludes halogenated alkanes) is 1. The molecule has 0 rings (SSSR count). The summed E-state index contributed by atoms with van der Waals surface area (Å²) in [6, 6.07) is 3.06. The molecule has 0 spiro atoms. The third-order valence-electron chi connectivity index (χ3n) is 3.71. The Kier molecular flexibility index (Phi) is 9.05. The molecule has 0 aliphatic heterocycles. The molecule has 0 fully saturated rings. The maximum atomic E-state index is 9.16. The van der Waals surface area contributed by atoms with E-state index in [-0.39, 0.29) is 5.54 Å². The summed E-state index contributed by atoms with van der Waals surface area (Å²) >= 11 is 0. The molecule has 0 aromatic rings. The van der Waals surface area contributed by atoms with E-state index in [0.717, 1.165) is 25.9 Å². The summed E-state index contributed by atoms with van der Waals surface area (Å²) in [5.74, 6) is 0. The van der Waals surface area contributed by atoms with E-state index < -0.39 is 0 Å². The number of nitriles is 1. The molecule has 0 radical (unpaired) electrons. The van der Waals surface area contributed by atoms with Crippen molar-refractivity contribution in [2.45, 2.75) is 71.4 Å². The lowest BCUT2D eigenvalue weighted by Crippen LogP contribution is -2.40. The van der Waals surface area contributed by atoms with Crippen molar-refractivity contribution in [3.63, 3.8) is 0 Å². The molecule has 0 saturated carbocycles. The topological polar surface area (TPSA) is 39.1 Å². The highest BCUT2D eigenvalue weighted by Crippen LogP contribution is 2.13. The second-order valence-electron chi connectivity index (χ2n) is 5.55. The minimum atomic E-state index is -0.345. The van der Waals surface area contributed by atoms with Crippen molar-refractivity contribution < 1.29 is 0 Å². The van der Waals surface area contributed by atoms with Crippen molar-refractivity contribution in [2.24, 2.45) is 0 Å². The van der Waals surface area contributed by atoms with E-state index in [4.69, 9.17) is 5.26 Å². The average molecular weight is 253 g/mol. The molecular weight excluding hydrogens is 222 g/mol. The largest absolute Gasteiger partial charge is 0.304 e. The SMILES string of the molecule is CCCC(C)N(C)CCCCC(C)(C#N)NCC. The van der Waals surface area contributed by atoms with Gasteiger partial charge in [-0.2, -0.15) is 5.26 Å². The zero-order chi connectivity index (χ0) is 14.0. The minimum Gasteiger partial charge on any atom is -0.304 e. The van der Waals surface area contributed by atoms with Crippen LogP contribution < -0.4 is 5.32 Å². The monoisotopic (exact) mass is 253 g/mol. The molecule has 0 saturated heterocycles. The van der Waals surface area contributed by atoms with E-state index in [1.807, 2.05) is 6.92 Å². The fraction of sp³-hybridized carbons (Fsp3) is 0.933. The molecular formula is C15H31N3. The molecule has 0 bridgehead atoms. The predicted molar refractivity (Wildman–Crippen MR) is 78.5 cm³/mol. The van der Waals surface area contributed by atoms with Crippen molar-refractivity contribution in [3.05, 3.63) is 0 Å². The first-order valence-electron chi connectivity index (χ1n) is 7.35. The van der Waals surface area contributed by atoms with Crippen LogP contribution in [-0.4, -0.2) is 36.6 Å². The van der Waals surface area contributed by atoms with Crippen LogP contribution in [0.1, 0.15) is 59.8 Å². The molecule has 106 valence electrons. The first-order valence-corrected chi connectivity index (χ1v) is 7.35. The van der Waals surface area contributed by atoms with Gasteiger partial charge >= 0.3 is 0 Å². The van der Waals surface area contributed by atoms with Crippen LogP contribution in [0.3, 0.4) is 0 Å². The Bertz CT molecular complexity index is 247. The van der Waals surface area contributed by atoms with Gasteiger partial charge in [0.25, 0.3) is 0 Å². The Balaban J connectivity index is 3.82. The Morgan fingerprint density at radius 2 is 2.00 bits per heavy atom. The number of hydrogen-bond donors (Lipinski definition) is 1. The van der Waals surface area contributed by atoms with Gasteiger partial charge in [0.15, 0.2) is 0 Å². The van der Waals surface area contributed by atoms with Gasteiger partial charge in [-0.1, -0.05) is 20.3 Å². The molecule has 3 heteroatoms. The van der Waals surface area contributed by atoms with Gasteiger partial charge in [-0.05, 0) is 59.7 Å². The number of nitrogens with one attached hydrogen (secondary N) is 1. The lowest BCUT2D eigenvalue weighted by molar-refractivity contribution is 0.237. The maximum Gasteiger partial charge on any atom is 0.103 e. The van der Waals surface area contributed by atoms with Crippen LogP contribution >= 0.6 is 0 Å². The van der Waals surface area contributed by atoms with Gasteiger partial charge < -0.3 is 4.90 Å². The third-order valence-corrected chi connectivity index (χ3v) is 3.71. The maximum absolute atomic E-state index is 9.16. The Hall–Kier alpha value is -0.590. The van der Waals surface area contributed by atoms with Gasteiger partial charge in [0.05, 0.1) is 6.07 Å². The second-order valence-corrected chi connectivity index (χ2v) is 5.55. The number of nitrogens with zero attached hydrogens (tertiary/aromatic N) is 2. The van der Waals surface area contributed by atoms with Crippen LogP contribution in [0.5, 0.6) is 0 Å². The molecule has 0 aliphatic carbocycles. The van der Waals surface area contributed by atoms with E-state index in [1.165, 1.54) is 19.3 Å². The molecule has 3 nitrogen and oxygen atoms in total. The summed E-state index contributed by atoms with van der Waals surface area (Å²) < 4.78 is 0. The normalized spacial score (nSPS) is 16.3. The zero-order valence-electron chi connectivity index (χ0n) is 12.9. The van der Waals surface area contributed by atoms with E-state index in [9.17, 15) is 0 Å².